The van der Waals surface area contributed by atoms with Gasteiger partial charge in [0, 0.05) is 16.5 Å². The molecule has 6 heteroatoms. The van der Waals surface area contributed by atoms with E-state index < -0.39 is 6.09 Å². The summed E-state index contributed by atoms with van der Waals surface area (Å²) < 4.78 is 11.8. The Labute approximate surface area is 143 Å². The summed E-state index contributed by atoms with van der Waals surface area (Å²) in [5.41, 5.74) is 2.82. The normalized spacial score (nSPS) is 16.2. The second-order valence-corrected chi connectivity index (χ2v) is 6.29. The zero-order valence-corrected chi connectivity index (χ0v) is 14.3. The molecule has 1 unspecified atom stereocenters. The third-order valence-electron chi connectivity index (χ3n) is 3.61. The maximum absolute atomic E-state index is 11.9. The molecular weight excluding hydrogens is 360 g/mol. The van der Waals surface area contributed by atoms with E-state index in [1.165, 1.54) is 0 Å². The number of rotatable bonds is 3. The topological polar surface area (TPSA) is 60.5 Å². The fraction of sp³-hybridized carbons (Fsp3) is 0.294. The zero-order chi connectivity index (χ0) is 16.2. The van der Waals surface area contributed by atoms with Crippen molar-refractivity contribution in [2.24, 2.45) is 0 Å². The summed E-state index contributed by atoms with van der Waals surface area (Å²) in [5.74, 6) is 0.640. The summed E-state index contributed by atoms with van der Waals surface area (Å²) in [7, 11) is 0. The van der Waals surface area contributed by atoms with Crippen LogP contribution in [-0.2, 0) is 17.8 Å². The van der Waals surface area contributed by atoms with Crippen molar-refractivity contribution in [3.63, 3.8) is 0 Å². The van der Waals surface area contributed by atoms with Crippen LogP contribution in [0, 0.1) is 6.92 Å². The number of amides is 1. The molecule has 5 nitrogen and oxygen atoms in total. The van der Waals surface area contributed by atoms with Crippen molar-refractivity contribution in [1.82, 2.24) is 10.3 Å². The minimum Gasteiger partial charge on any atom is -0.475 e. The smallest absolute Gasteiger partial charge is 0.407 e. The summed E-state index contributed by atoms with van der Waals surface area (Å²) in [5, 5.41) is 2.83. The van der Waals surface area contributed by atoms with Gasteiger partial charge in [0.05, 0.1) is 11.7 Å². The van der Waals surface area contributed by atoms with Gasteiger partial charge in [0.25, 0.3) is 0 Å². The molecular formula is C17H17BrN2O3. The quantitative estimate of drug-likeness (QED) is 0.891. The highest BCUT2D eigenvalue weighted by Crippen LogP contribution is 2.27. The van der Waals surface area contributed by atoms with E-state index in [2.05, 4.69) is 26.2 Å². The number of halogens is 1. The minimum atomic E-state index is -0.440. The molecule has 1 aromatic heterocycles. The van der Waals surface area contributed by atoms with Gasteiger partial charge in [0.1, 0.15) is 13.2 Å². The van der Waals surface area contributed by atoms with Crippen LogP contribution in [0.15, 0.2) is 40.9 Å². The van der Waals surface area contributed by atoms with E-state index in [4.69, 9.17) is 9.47 Å². The Hall–Kier alpha value is -2.08. The van der Waals surface area contributed by atoms with Gasteiger partial charge in [-0.15, -0.1) is 0 Å². The molecule has 0 bridgehead atoms. The third kappa shape index (κ3) is 4.01. The molecule has 0 fully saturated rings. The number of carbonyl (C=O) groups is 1. The lowest BCUT2D eigenvalue weighted by Gasteiger charge is -2.25. The number of ether oxygens (including phenoxy) is 2. The van der Waals surface area contributed by atoms with Gasteiger partial charge in [0.15, 0.2) is 0 Å². The average molecular weight is 377 g/mol. The highest BCUT2D eigenvalue weighted by molar-refractivity contribution is 9.10. The highest BCUT2D eigenvalue weighted by atomic mass is 79.9. The van der Waals surface area contributed by atoms with Gasteiger partial charge in [-0.3, -0.25) is 0 Å². The minimum absolute atomic E-state index is 0.123. The molecule has 3 rings (SSSR count). The van der Waals surface area contributed by atoms with Crippen molar-refractivity contribution in [1.29, 1.82) is 0 Å². The van der Waals surface area contributed by atoms with E-state index >= 15 is 0 Å². The molecule has 1 N–H and O–H groups in total. The summed E-state index contributed by atoms with van der Waals surface area (Å²) in [6.07, 6.45) is 0.229. The Morgan fingerprint density at radius 2 is 2.22 bits per heavy atom. The molecule has 0 radical (unpaired) electrons. The number of benzene rings is 1. The highest BCUT2D eigenvalue weighted by Gasteiger charge is 2.23. The van der Waals surface area contributed by atoms with Crippen LogP contribution in [0.5, 0.6) is 5.88 Å². The number of aromatic nitrogens is 1. The van der Waals surface area contributed by atoms with E-state index in [9.17, 15) is 4.79 Å². The largest absolute Gasteiger partial charge is 0.475 e. The molecule has 1 amide bonds. The average Bonchev–Trinajstić information content (AvgIpc) is 2.55. The van der Waals surface area contributed by atoms with Gasteiger partial charge in [-0.1, -0.05) is 30.3 Å². The summed E-state index contributed by atoms with van der Waals surface area (Å²) in [6.45, 7) is 2.56. The molecule has 2 heterocycles. The lowest BCUT2D eigenvalue weighted by molar-refractivity contribution is 0.128. The van der Waals surface area contributed by atoms with Gasteiger partial charge in [-0.25, -0.2) is 9.78 Å². The van der Waals surface area contributed by atoms with Crippen LogP contribution in [0.2, 0.25) is 0 Å². The van der Waals surface area contributed by atoms with E-state index in [1.54, 1.807) is 0 Å². The van der Waals surface area contributed by atoms with Crippen molar-refractivity contribution < 1.29 is 14.3 Å². The molecule has 1 atom stereocenters. The number of nitrogens with zero attached hydrogens (tertiary/aromatic N) is 1. The molecule has 1 aliphatic heterocycles. The van der Waals surface area contributed by atoms with Crippen molar-refractivity contribution in [3.8, 4) is 5.88 Å². The van der Waals surface area contributed by atoms with E-state index in [0.29, 0.717) is 18.9 Å². The molecule has 2 aromatic rings. The first-order valence-corrected chi connectivity index (χ1v) is 8.17. The predicted octanol–water partition coefficient (Wildman–Crippen LogP) is 3.38. The Balaban J connectivity index is 1.55. The second-order valence-electron chi connectivity index (χ2n) is 5.44. The maximum atomic E-state index is 11.9. The lowest BCUT2D eigenvalue weighted by Crippen LogP contribution is -2.43. The molecule has 0 aliphatic carbocycles. The van der Waals surface area contributed by atoms with E-state index in [1.807, 2.05) is 43.3 Å². The number of carbonyl (C=O) groups excluding carboxylic acids is 1. The van der Waals surface area contributed by atoms with Crippen molar-refractivity contribution >= 4 is 22.0 Å². The van der Waals surface area contributed by atoms with Crippen molar-refractivity contribution in [2.75, 3.05) is 6.61 Å². The number of aryl methyl sites for hydroxylation is 1. The van der Waals surface area contributed by atoms with Crippen LogP contribution < -0.4 is 10.1 Å². The summed E-state index contributed by atoms with van der Waals surface area (Å²) in [6, 6.07) is 11.4. The monoisotopic (exact) mass is 376 g/mol. The van der Waals surface area contributed by atoms with Crippen LogP contribution in [-0.4, -0.2) is 23.7 Å². The van der Waals surface area contributed by atoms with Crippen LogP contribution in [0.1, 0.15) is 16.8 Å². The molecule has 1 aliphatic rings. The number of hydrogen-bond donors (Lipinski definition) is 1. The Bertz CT molecular complexity index is 706. The number of nitrogens with one attached hydrogen (secondary N) is 1. The van der Waals surface area contributed by atoms with Gasteiger partial charge in [0.2, 0.25) is 5.88 Å². The maximum Gasteiger partial charge on any atom is 0.407 e. The van der Waals surface area contributed by atoms with E-state index in [0.717, 1.165) is 21.3 Å². The fourth-order valence-corrected chi connectivity index (χ4v) is 2.76. The number of fused-ring (bicyclic) bond motifs is 1. The van der Waals surface area contributed by atoms with E-state index in [-0.39, 0.29) is 12.6 Å². The number of hydrogen-bond acceptors (Lipinski definition) is 4. The summed E-state index contributed by atoms with van der Waals surface area (Å²) in [4.78, 5) is 16.3. The zero-order valence-electron chi connectivity index (χ0n) is 12.7. The summed E-state index contributed by atoms with van der Waals surface area (Å²) >= 11 is 3.47. The van der Waals surface area contributed by atoms with Crippen LogP contribution >= 0.6 is 15.9 Å². The van der Waals surface area contributed by atoms with Gasteiger partial charge in [-0.2, -0.15) is 0 Å². The molecule has 0 saturated heterocycles. The van der Waals surface area contributed by atoms with Crippen molar-refractivity contribution in [3.05, 3.63) is 57.7 Å². The standard InChI is InChI=1S/C17H17BrN2O3/c1-11-15(18)8-13-7-14(10-22-16(13)19-11)20-17(21)23-9-12-5-3-2-4-6-12/h2-6,8,14H,7,9-10H2,1H3,(H,20,21). The SMILES string of the molecule is Cc1nc2c(cc1Br)CC(NC(=O)OCc1ccccc1)CO2. The molecule has 0 spiro atoms. The van der Waals surface area contributed by atoms with Crippen LogP contribution in [0.4, 0.5) is 4.79 Å². The van der Waals surface area contributed by atoms with Crippen LogP contribution in [0.25, 0.3) is 0 Å². The molecule has 0 saturated carbocycles. The molecule has 23 heavy (non-hydrogen) atoms. The Morgan fingerprint density at radius 1 is 1.43 bits per heavy atom. The number of pyridine rings is 1. The lowest BCUT2D eigenvalue weighted by atomic mass is 10.1. The van der Waals surface area contributed by atoms with Gasteiger partial charge in [-0.05, 0) is 34.5 Å². The van der Waals surface area contributed by atoms with Gasteiger partial charge < -0.3 is 14.8 Å². The first-order valence-electron chi connectivity index (χ1n) is 7.38. The first kappa shape index (κ1) is 15.8. The predicted molar refractivity (Wildman–Crippen MR) is 89.4 cm³/mol. The first-order chi connectivity index (χ1) is 11.1. The Morgan fingerprint density at radius 3 is 3.00 bits per heavy atom. The molecule has 120 valence electrons. The van der Waals surface area contributed by atoms with Crippen molar-refractivity contribution in [2.45, 2.75) is 26.0 Å². The van der Waals surface area contributed by atoms with Gasteiger partial charge >= 0.3 is 6.09 Å². The second kappa shape index (κ2) is 7.00. The Kier molecular flexibility index (Phi) is 4.81. The third-order valence-corrected chi connectivity index (χ3v) is 4.42. The van der Waals surface area contributed by atoms with Crippen LogP contribution in [0.3, 0.4) is 0 Å². The fourth-order valence-electron chi connectivity index (χ4n) is 2.40. The number of alkyl carbamates (subject to hydrolysis) is 1. The molecule has 1 aromatic carbocycles.